The minimum Gasteiger partial charge on any atom is -0.487 e. The number of hydrogen-bond donors (Lipinski definition) is 1. The number of carbonyl (C=O) groups is 1. The van der Waals surface area contributed by atoms with Crippen LogP contribution in [-0.4, -0.2) is 22.4 Å². The Morgan fingerprint density at radius 1 is 1.06 bits per heavy atom. The standard InChI is InChI=1S/C26H19N3O5/c1-2-33-22-12-11-17(15-21(22)29(31)32)25(30)27-19-8-5-7-18(14-19)26-28-24-20-9-4-3-6-16(20)10-13-23(24)34-26/h3-15H,2H2,1H3,(H,27,30). The molecule has 0 saturated carbocycles. The van der Waals surface area contributed by atoms with Gasteiger partial charge in [-0.05, 0) is 48.7 Å². The Hall–Kier alpha value is -4.72. The fourth-order valence-corrected chi connectivity index (χ4v) is 3.80. The lowest BCUT2D eigenvalue weighted by molar-refractivity contribution is -0.385. The Morgan fingerprint density at radius 2 is 1.91 bits per heavy atom. The lowest BCUT2D eigenvalue weighted by atomic mass is 10.1. The zero-order chi connectivity index (χ0) is 23.7. The fraction of sp³-hybridized carbons (Fsp3) is 0.0769. The van der Waals surface area contributed by atoms with Gasteiger partial charge in [-0.1, -0.05) is 36.4 Å². The largest absolute Gasteiger partial charge is 0.487 e. The summed E-state index contributed by atoms with van der Waals surface area (Å²) in [5.41, 5.74) is 2.52. The van der Waals surface area contributed by atoms with Crippen LogP contribution in [0.4, 0.5) is 11.4 Å². The number of hydrogen-bond acceptors (Lipinski definition) is 6. The van der Waals surface area contributed by atoms with Gasteiger partial charge in [-0.25, -0.2) is 4.98 Å². The van der Waals surface area contributed by atoms with E-state index >= 15 is 0 Å². The zero-order valence-corrected chi connectivity index (χ0v) is 18.1. The summed E-state index contributed by atoms with van der Waals surface area (Å²) < 4.78 is 11.2. The normalized spacial score (nSPS) is 11.0. The third kappa shape index (κ3) is 3.93. The number of carbonyl (C=O) groups excluding carboxylic acids is 1. The summed E-state index contributed by atoms with van der Waals surface area (Å²) >= 11 is 0. The zero-order valence-electron chi connectivity index (χ0n) is 18.1. The molecule has 1 amide bonds. The van der Waals surface area contributed by atoms with Gasteiger partial charge in [0.25, 0.3) is 5.91 Å². The first kappa shape index (κ1) is 21.1. The average molecular weight is 453 g/mol. The molecule has 168 valence electrons. The van der Waals surface area contributed by atoms with Crippen LogP contribution < -0.4 is 10.1 Å². The van der Waals surface area contributed by atoms with Gasteiger partial charge >= 0.3 is 5.69 Å². The molecule has 5 aromatic rings. The lowest BCUT2D eigenvalue weighted by Crippen LogP contribution is -2.12. The van der Waals surface area contributed by atoms with Crippen molar-refractivity contribution in [1.82, 2.24) is 4.98 Å². The molecule has 1 aromatic heterocycles. The highest BCUT2D eigenvalue weighted by Gasteiger charge is 2.19. The lowest BCUT2D eigenvalue weighted by Gasteiger charge is -2.08. The second-order valence-electron chi connectivity index (χ2n) is 7.56. The molecular weight excluding hydrogens is 434 g/mol. The predicted molar refractivity (Wildman–Crippen MR) is 129 cm³/mol. The van der Waals surface area contributed by atoms with Gasteiger partial charge in [-0.15, -0.1) is 0 Å². The third-order valence-corrected chi connectivity index (χ3v) is 5.37. The molecule has 0 atom stereocenters. The van der Waals surface area contributed by atoms with E-state index in [9.17, 15) is 14.9 Å². The first-order chi connectivity index (χ1) is 16.5. The Labute approximate surface area is 193 Å². The number of oxazole rings is 1. The molecule has 8 nitrogen and oxygen atoms in total. The first-order valence-corrected chi connectivity index (χ1v) is 10.6. The number of ether oxygens (including phenoxy) is 1. The van der Waals surface area contributed by atoms with Gasteiger partial charge in [-0.3, -0.25) is 14.9 Å². The van der Waals surface area contributed by atoms with Crippen molar-refractivity contribution in [1.29, 1.82) is 0 Å². The van der Waals surface area contributed by atoms with E-state index in [0.717, 1.165) is 16.3 Å². The molecule has 0 saturated heterocycles. The van der Waals surface area contributed by atoms with Crippen LogP contribution in [0.15, 0.2) is 83.3 Å². The number of fused-ring (bicyclic) bond motifs is 3. The number of nitro groups is 1. The second-order valence-corrected chi connectivity index (χ2v) is 7.56. The number of aromatic nitrogens is 1. The average Bonchev–Trinajstić information content (AvgIpc) is 3.30. The van der Waals surface area contributed by atoms with E-state index in [-0.39, 0.29) is 23.6 Å². The van der Waals surface area contributed by atoms with Crippen molar-refractivity contribution in [2.24, 2.45) is 0 Å². The SMILES string of the molecule is CCOc1ccc(C(=O)Nc2cccc(-c3nc4c(ccc5ccccc54)o3)c2)cc1[N+](=O)[O-]. The van der Waals surface area contributed by atoms with Gasteiger partial charge in [0.15, 0.2) is 11.3 Å². The highest BCUT2D eigenvalue weighted by molar-refractivity contribution is 6.05. The van der Waals surface area contributed by atoms with Gasteiger partial charge in [0.2, 0.25) is 5.89 Å². The number of nitrogens with zero attached hydrogens (tertiary/aromatic N) is 2. The van der Waals surface area contributed by atoms with E-state index in [4.69, 9.17) is 9.15 Å². The smallest absolute Gasteiger partial charge is 0.311 e. The Morgan fingerprint density at radius 3 is 2.74 bits per heavy atom. The second kappa shape index (κ2) is 8.67. The van der Waals surface area contributed by atoms with Crippen molar-refractivity contribution in [2.45, 2.75) is 6.92 Å². The number of nitro benzene ring substituents is 1. The molecule has 34 heavy (non-hydrogen) atoms. The van der Waals surface area contributed by atoms with E-state index in [1.165, 1.54) is 18.2 Å². The maximum absolute atomic E-state index is 12.8. The summed E-state index contributed by atoms with van der Waals surface area (Å²) in [6.45, 7) is 2.02. The molecule has 8 heteroatoms. The topological polar surface area (TPSA) is 108 Å². The van der Waals surface area contributed by atoms with Gasteiger partial charge in [0, 0.05) is 28.3 Å². The molecule has 0 aliphatic carbocycles. The molecule has 0 unspecified atom stereocenters. The molecule has 0 aliphatic rings. The molecule has 1 N–H and O–H groups in total. The van der Waals surface area contributed by atoms with Crippen molar-refractivity contribution < 1.29 is 18.9 Å². The summed E-state index contributed by atoms with van der Waals surface area (Å²) in [6, 6.07) is 23.0. The maximum Gasteiger partial charge on any atom is 0.311 e. The summed E-state index contributed by atoms with van der Waals surface area (Å²) in [5.74, 6) is 0.0700. The van der Waals surface area contributed by atoms with E-state index < -0.39 is 10.8 Å². The summed E-state index contributed by atoms with van der Waals surface area (Å²) in [6.07, 6.45) is 0. The molecule has 0 radical (unpaired) electrons. The molecule has 5 rings (SSSR count). The Kier molecular flexibility index (Phi) is 5.39. The van der Waals surface area contributed by atoms with Crippen LogP contribution in [0.5, 0.6) is 5.75 Å². The van der Waals surface area contributed by atoms with Crippen molar-refractivity contribution in [3.05, 3.63) is 94.5 Å². The van der Waals surface area contributed by atoms with Crippen molar-refractivity contribution in [2.75, 3.05) is 11.9 Å². The number of anilines is 1. The van der Waals surface area contributed by atoms with Gasteiger partial charge < -0.3 is 14.5 Å². The van der Waals surface area contributed by atoms with E-state index in [1.807, 2.05) is 42.5 Å². The molecule has 1 heterocycles. The summed E-state index contributed by atoms with van der Waals surface area (Å²) in [4.78, 5) is 28.3. The van der Waals surface area contributed by atoms with Crippen LogP contribution in [0.25, 0.3) is 33.3 Å². The highest BCUT2D eigenvalue weighted by atomic mass is 16.6. The Bertz CT molecular complexity index is 1560. The fourth-order valence-electron chi connectivity index (χ4n) is 3.80. The number of rotatable bonds is 6. The van der Waals surface area contributed by atoms with Gasteiger partial charge in [-0.2, -0.15) is 0 Å². The van der Waals surface area contributed by atoms with Gasteiger partial charge in [0.1, 0.15) is 5.52 Å². The van der Waals surface area contributed by atoms with Gasteiger partial charge in [0.05, 0.1) is 11.5 Å². The highest BCUT2D eigenvalue weighted by Crippen LogP contribution is 2.31. The maximum atomic E-state index is 12.8. The number of benzene rings is 4. The van der Waals surface area contributed by atoms with E-state index in [1.54, 1.807) is 25.1 Å². The molecule has 0 aliphatic heterocycles. The summed E-state index contributed by atoms with van der Waals surface area (Å²) in [5, 5.41) is 16.2. The minimum atomic E-state index is -0.570. The monoisotopic (exact) mass is 453 g/mol. The molecule has 0 spiro atoms. The molecular formula is C26H19N3O5. The molecule has 0 fully saturated rings. The molecule has 4 aromatic carbocycles. The third-order valence-electron chi connectivity index (χ3n) is 5.37. The quantitative estimate of drug-likeness (QED) is 0.242. The van der Waals surface area contributed by atoms with Crippen LogP contribution in [-0.2, 0) is 0 Å². The van der Waals surface area contributed by atoms with E-state index in [2.05, 4.69) is 10.3 Å². The Balaban J connectivity index is 1.44. The van der Waals surface area contributed by atoms with Crippen molar-refractivity contribution >= 4 is 39.2 Å². The van der Waals surface area contributed by atoms with Crippen LogP contribution >= 0.6 is 0 Å². The van der Waals surface area contributed by atoms with E-state index in [0.29, 0.717) is 22.7 Å². The molecule has 0 bridgehead atoms. The van der Waals surface area contributed by atoms with Crippen LogP contribution in [0, 0.1) is 10.1 Å². The van der Waals surface area contributed by atoms with Crippen LogP contribution in [0.1, 0.15) is 17.3 Å². The predicted octanol–water partition coefficient (Wildman–Crippen LogP) is 6.21. The van der Waals surface area contributed by atoms with Crippen molar-refractivity contribution in [3.8, 4) is 17.2 Å². The van der Waals surface area contributed by atoms with Crippen molar-refractivity contribution in [3.63, 3.8) is 0 Å². The summed E-state index contributed by atoms with van der Waals surface area (Å²) in [7, 11) is 0. The first-order valence-electron chi connectivity index (χ1n) is 10.6. The van der Waals surface area contributed by atoms with Crippen LogP contribution in [0.2, 0.25) is 0 Å². The number of amides is 1. The number of nitrogens with one attached hydrogen (secondary N) is 1. The minimum absolute atomic E-state index is 0.120. The van der Waals surface area contributed by atoms with Crippen LogP contribution in [0.3, 0.4) is 0 Å².